The van der Waals surface area contributed by atoms with Crippen LogP contribution in [0.15, 0.2) is 36.7 Å². The number of aromatic nitrogens is 1. The molecule has 0 radical (unpaired) electrons. The van der Waals surface area contributed by atoms with Gasteiger partial charge in [-0.1, -0.05) is 12.1 Å². The minimum atomic E-state index is -0.0186. The molecule has 0 atom stereocenters. The summed E-state index contributed by atoms with van der Waals surface area (Å²) in [5.41, 5.74) is 3.36. The van der Waals surface area contributed by atoms with Gasteiger partial charge in [-0.3, -0.25) is 9.78 Å². The molecule has 0 spiro atoms. The second-order valence-electron chi connectivity index (χ2n) is 4.83. The van der Waals surface area contributed by atoms with Crippen LogP contribution >= 0.6 is 0 Å². The first-order valence-corrected chi connectivity index (χ1v) is 6.47. The number of para-hydroxylation sites is 1. The lowest BCUT2D eigenvalue weighted by molar-refractivity contribution is 0.103. The normalized spacial score (nSPS) is 13.5. The van der Waals surface area contributed by atoms with E-state index in [4.69, 9.17) is 4.74 Å². The number of benzene rings is 1. The maximum absolute atomic E-state index is 12.6. The van der Waals surface area contributed by atoms with Gasteiger partial charge in [-0.15, -0.1) is 0 Å². The van der Waals surface area contributed by atoms with Gasteiger partial charge in [0.2, 0.25) is 0 Å². The molecule has 0 saturated heterocycles. The fourth-order valence-corrected chi connectivity index (χ4v) is 2.40. The first-order valence-electron chi connectivity index (χ1n) is 6.47. The zero-order chi connectivity index (χ0) is 13.2. The fourth-order valence-electron chi connectivity index (χ4n) is 2.40. The molecule has 96 valence electrons. The molecule has 1 aliphatic rings. The Morgan fingerprint density at radius 2 is 2.21 bits per heavy atom. The molecular weight excluding hydrogens is 238 g/mol. The number of carbonyl (C=O) groups excluding carboxylic acids is 1. The first-order chi connectivity index (χ1) is 9.25. The molecule has 1 aromatic heterocycles. The summed E-state index contributed by atoms with van der Waals surface area (Å²) in [5, 5.41) is 0. The molecule has 0 N–H and O–H groups in total. The average Bonchev–Trinajstić information content (AvgIpc) is 2.46. The summed E-state index contributed by atoms with van der Waals surface area (Å²) in [6, 6.07) is 7.64. The largest absolute Gasteiger partial charge is 0.493 e. The molecule has 0 fully saturated rings. The van der Waals surface area contributed by atoms with E-state index in [0.29, 0.717) is 17.7 Å². The van der Waals surface area contributed by atoms with E-state index < -0.39 is 0 Å². The third-order valence-corrected chi connectivity index (χ3v) is 3.32. The molecular formula is C16H15NO2. The van der Waals surface area contributed by atoms with Crippen molar-refractivity contribution >= 4 is 5.78 Å². The SMILES string of the molecule is Cc1cncc(C(=O)c2cccc3c2OCCC3)c1. The second kappa shape index (κ2) is 4.84. The third-order valence-electron chi connectivity index (χ3n) is 3.32. The maximum atomic E-state index is 12.6. The van der Waals surface area contributed by atoms with Gasteiger partial charge in [0.25, 0.3) is 0 Å². The fraction of sp³-hybridized carbons (Fsp3) is 0.250. The van der Waals surface area contributed by atoms with E-state index in [9.17, 15) is 4.79 Å². The van der Waals surface area contributed by atoms with Crippen LogP contribution in [0.1, 0.15) is 33.5 Å². The molecule has 2 aromatic rings. The Kier molecular flexibility index (Phi) is 3.03. The van der Waals surface area contributed by atoms with Gasteiger partial charge in [0, 0.05) is 18.0 Å². The number of carbonyl (C=O) groups is 1. The molecule has 3 rings (SSSR count). The zero-order valence-electron chi connectivity index (χ0n) is 10.8. The van der Waals surface area contributed by atoms with Gasteiger partial charge in [-0.05, 0) is 43.0 Å². The second-order valence-corrected chi connectivity index (χ2v) is 4.83. The molecule has 0 amide bonds. The molecule has 0 aliphatic carbocycles. The summed E-state index contributed by atoms with van der Waals surface area (Å²) in [6.07, 6.45) is 5.34. The van der Waals surface area contributed by atoms with Crippen molar-refractivity contribution in [3.05, 3.63) is 58.9 Å². The summed E-state index contributed by atoms with van der Waals surface area (Å²) in [4.78, 5) is 16.6. The predicted molar refractivity (Wildman–Crippen MR) is 72.7 cm³/mol. The zero-order valence-corrected chi connectivity index (χ0v) is 10.8. The predicted octanol–water partition coefficient (Wildman–Crippen LogP) is 2.95. The van der Waals surface area contributed by atoms with Crippen molar-refractivity contribution in [2.24, 2.45) is 0 Å². The molecule has 0 saturated carbocycles. The van der Waals surface area contributed by atoms with Crippen LogP contribution in [0.3, 0.4) is 0 Å². The van der Waals surface area contributed by atoms with E-state index in [0.717, 1.165) is 29.7 Å². The lowest BCUT2D eigenvalue weighted by Gasteiger charge is -2.19. The Balaban J connectivity index is 2.05. The Labute approximate surface area is 112 Å². The highest BCUT2D eigenvalue weighted by Crippen LogP contribution is 2.30. The molecule has 1 aromatic carbocycles. The minimum Gasteiger partial charge on any atom is -0.493 e. The van der Waals surface area contributed by atoms with Crippen LogP contribution in [0.25, 0.3) is 0 Å². The smallest absolute Gasteiger partial charge is 0.198 e. The molecule has 1 aliphatic heterocycles. The average molecular weight is 253 g/mol. The van der Waals surface area contributed by atoms with Crippen molar-refractivity contribution in [2.45, 2.75) is 19.8 Å². The Morgan fingerprint density at radius 1 is 1.32 bits per heavy atom. The van der Waals surface area contributed by atoms with Gasteiger partial charge in [0.05, 0.1) is 12.2 Å². The van der Waals surface area contributed by atoms with E-state index in [1.165, 1.54) is 0 Å². The highest BCUT2D eigenvalue weighted by Gasteiger charge is 2.20. The molecule has 0 bridgehead atoms. The first kappa shape index (κ1) is 11.9. The van der Waals surface area contributed by atoms with Gasteiger partial charge in [0.1, 0.15) is 5.75 Å². The highest BCUT2D eigenvalue weighted by molar-refractivity contribution is 6.10. The molecule has 2 heterocycles. The van der Waals surface area contributed by atoms with Crippen LogP contribution in [-0.4, -0.2) is 17.4 Å². The summed E-state index contributed by atoms with van der Waals surface area (Å²) in [6.45, 7) is 2.62. The van der Waals surface area contributed by atoms with E-state index in [1.807, 2.05) is 31.2 Å². The lowest BCUT2D eigenvalue weighted by atomic mass is 9.97. The number of hydrogen-bond acceptors (Lipinski definition) is 3. The van der Waals surface area contributed by atoms with Crippen molar-refractivity contribution in [3.8, 4) is 5.75 Å². The van der Waals surface area contributed by atoms with Gasteiger partial charge in [0.15, 0.2) is 5.78 Å². The Morgan fingerprint density at radius 3 is 3.05 bits per heavy atom. The number of pyridine rings is 1. The summed E-state index contributed by atoms with van der Waals surface area (Å²) >= 11 is 0. The Hall–Kier alpha value is -2.16. The number of nitrogens with zero attached hydrogens (tertiary/aromatic N) is 1. The van der Waals surface area contributed by atoms with Crippen LogP contribution in [0.5, 0.6) is 5.75 Å². The van der Waals surface area contributed by atoms with Gasteiger partial charge < -0.3 is 4.74 Å². The number of hydrogen-bond donors (Lipinski definition) is 0. The topological polar surface area (TPSA) is 39.2 Å². The van der Waals surface area contributed by atoms with Crippen molar-refractivity contribution in [1.82, 2.24) is 4.98 Å². The number of rotatable bonds is 2. The van der Waals surface area contributed by atoms with E-state index in [-0.39, 0.29) is 5.78 Å². The summed E-state index contributed by atoms with van der Waals surface area (Å²) in [5.74, 6) is 0.732. The Bertz CT molecular complexity index is 634. The lowest BCUT2D eigenvalue weighted by Crippen LogP contribution is -2.13. The quantitative estimate of drug-likeness (QED) is 0.772. The monoisotopic (exact) mass is 253 g/mol. The number of fused-ring (bicyclic) bond motifs is 1. The van der Waals surface area contributed by atoms with E-state index in [2.05, 4.69) is 4.98 Å². The molecule has 3 nitrogen and oxygen atoms in total. The van der Waals surface area contributed by atoms with E-state index >= 15 is 0 Å². The number of aryl methyl sites for hydroxylation is 2. The summed E-state index contributed by atoms with van der Waals surface area (Å²) in [7, 11) is 0. The van der Waals surface area contributed by atoms with Crippen LogP contribution < -0.4 is 4.74 Å². The van der Waals surface area contributed by atoms with Crippen molar-refractivity contribution in [1.29, 1.82) is 0 Å². The van der Waals surface area contributed by atoms with Crippen molar-refractivity contribution in [3.63, 3.8) is 0 Å². The van der Waals surface area contributed by atoms with Gasteiger partial charge >= 0.3 is 0 Å². The molecule has 0 unspecified atom stereocenters. The summed E-state index contributed by atoms with van der Waals surface area (Å²) < 4.78 is 5.69. The highest BCUT2D eigenvalue weighted by atomic mass is 16.5. The standard InChI is InChI=1S/C16H15NO2/c1-11-8-13(10-17-9-11)15(18)14-6-2-4-12-5-3-7-19-16(12)14/h2,4,6,8-10H,3,5,7H2,1H3. The van der Waals surface area contributed by atoms with Crippen LogP contribution in [-0.2, 0) is 6.42 Å². The third kappa shape index (κ3) is 2.24. The molecule has 3 heteroatoms. The number of ether oxygens (including phenoxy) is 1. The number of ketones is 1. The van der Waals surface area contributed by atoms with Crippen LogP contribution in [0, 0.1) is 6.92 Å². The van der Waals surface area contributed by atoms with Crippen LogP contribution in [0.4, 0.5) is 0 Å². The minimum absolute atomic E-state index is 0.0186. The van der Waals surface area contributed by atoms with Gasteiger partial charge in [-0.25, -0.2) is 0 Å². The maximum Gasteiger partial charge on any atom is 0.198 e. The molecule has 19 heavy (non-hydrogen) atoms. The van der Waals surface area contributed by atoms with Crippen LogP contribution in [0.2, 0.25) is 0 Å². The van der Waals surface area contributed by atoms with E-state index in [1.54, 1.807) is 12.4 Å². The van der Waals surface area contributed by atoms with Crippen molar-refractivity contribution in [2.75, 3.05) is 6.61 Å². The van der Waals surface area contributed by atoms with Crippen molar-refractivity contribution < 1.29 is 9.53 Å². The van der Waals surface area contributed by atoms with Gasteiger partial charge in [-0.2, -0.15) is 0 Å².